The van der Waals surface area contributed by atoms with Crippen LogP contribution in [0.15, 0.2) is 140 Å². The van der Waals surface area contributed by atoms with E-state index < -0.39 is 7.14 Å². The second kappa shape index (κ2) is 13.1. The SMILES string of the molecule is O=C(Nc1cccc(Cl)c1)Nc1cccc(Cl)c1.O=P(c1ccccc1)(c1ccccc1)c1ccccc1. The second-order valence-electron chi connectivity index (χ2n) is 8.22. The van der Waals surface area contributed by atoms with Gasteiger partial charge in [-0.25, -0.2) is 4.79 Å². The van der Waals surface area contributed by atoms with Gasteiger partial charge in [0.2, 0.25) is 0 Å². The molecule has 0 bridgehead atoms. The summed E-state index contributed by atoms with van der Waals surface area (Å²) in [5.41, 5.74) is 1.25. The van der Waals surface area contributed by atoms with Crippen LogP contribution in [0.5, 0.6) is 0 Å². The van der Waals surface area contributed by atoms with Crippen LogP contribution < -0.4 is 26.5 Å². The van der Waals surface area contributed by atoms with Crippen LogP contribution >= 0.6 is 30.3 Å². The molecular weight excluding hydrogens is 534 g/mol. The quantitative estimate of drug-likeness (QED) is 0.215. The van der Waals surface area contributed by atoms with Crippen LogP contribution in [-0.4, -0.2) is 6.03 Å². The molecule has 0 saturated carbocycles. The van der Waals surface area contributed by atoms with Crippen molar-refractivity contribution in [1.82, 2.24) is 0 Å². The van der Waals surface area contributed by atoms with Gasteiger partial charge in [-0.1, -0.05) is 126 Å². The fraction of sp³-hybridized carbons (Fsp3) is 0. The fourth-order valence-electron chi connectivity index (χ4n) is 3.79. The average molecular weight is 559 g/mol. The minimum absolute atomic E-state index is 0.348. The lowest BCUT2D eigenvalue weighted by Crippen LogP contribution is -2.24. The van der Waals surface area contributed by atoms with Gasteiger partial charge in [0.25, 0.3) is 0 Å². The zero-order chi connectivity index (χ0) is 26.8. The largest absolute Gasteiger partial charge is 0.323 e. The van der Waals surface area contributed by atoms with Crippen LogP contribution in [0, 0.1) is 0 Å². The summed E-state index contributed by atoms with van der Waals surface area (Å²) < 4.78 is 13.8. The maximum atomic E-state index is 13.8. The molecule has 0 aliphatic rings. The molecule has 5 rings (SSSR count). The number of carbonyl (C=O) groups is 1. The smallest absolute Gasteiger partial charge is 0.309 e. The first kappa shape index (κ1) is 27.2. The summed E-state index contributed by atoms with van der Waals surface area (Å²) >= 11 is 11.6. The van der Waals surface area contributed by atoms with E-state index in [1.807, 2.05) is 91.0 Å². The summed E-state index contributed by atoms with van der Waals surface area (Å²) in [6.07, 6.45) is 0. The Hall–Kier alpha value is -3.82. The van der Waals surface area contributed by atoms with Gasteiger partial charge in [0, 0.05) is 37.3 Å². The van der Waals surface area contributed by atoms with E-state index in [0.29, 0.717) is 21.4 Å². The number of anilines is 2. The van der Waals surface area contributed by atoms with Crippen LogP contribution in [0.1, 0.15) is 0 Å². The Morgan fingerprint density at radius 3 is 1.16 bits per heavy atom. The molecule has 0 spiro atoms. The summed E-state index contributed by atoms with van der Waals surface area (Å²) in [4.78, 5) is 11.7. The zero-order valence-corrected chi connectivity index (χ0v) is 22.7. The van der Waals surface area contributed by atoms with Crippen molar-refractivity contribution in [3.05, 3.63) is 150 Å². The van der Waals surface area contributed by atoms with Gasteiger partial charge >= 0.3 is 6.03 Å². The van der Waals surface area contributed by atoms with E-state index in [0.717, 1.165) is 15.9 Å². The first-order chi connectivity index (χ1) is 18.4. The minimum atomic E-state index is -2.78. The van der Waals surface area contributed by atoms with Crippen molar-refractivity contribution in [3.8, 4) is 0 Å². The molecule has 38 heavy (non-hydrogen) atoms. The Morgan fingerprint density at radius 2 is 0.842 bits per heavy atom. The molecule has 0 saturated heterocycles. The van der Waals surface area contributed by atoms with Crippen LogP contribution in [0.2, 0.25) is 10.0 Å². The van der Waals surface area contributed by atoms with Gasteiger partial charge in [0.15, 0.2) is 7.14 Å². The molecule has 0 radical (unpaired) electrons. The number of halogens is 2. The molecule has 7 heteroatoms. The molecule has 5 aromatic rings. The monoisotopic (exact) mass is 558 g/mol. The summed E-state index contributed by atoms with van der Waals surface area (Å²) in [7, 11) is -2.78. The number of amides is 2. The van der Waals surface area contributed by atoms with Crippen molar-refractivity contribution in [1.29, 1.82) is 0 Å². The number of hydrogen-bond acceptors (Lipinski definition) is 2. The molecule has 0 aromatic heterocycles. The van der Waals surface area contributed by atoms with Crippen molar-refractivity contribution in [2.45, 2.75) is 0 Å². The van der Waals surface area contributed by atoms with E-state index in [1.165, 1.54) is 0 Å². The van der Waals surface area contributed by atoms with Gasteiger partial charge in [-0.15, -0.1) is 0 Å². The molecule has 0 atom stereocenters. The van der Waals surface area contributed by atoms with Gasteiger partial charge in [-0.2, -0.15) is 0 Å². The van der Waals surface area contributed by atoms with Crippen LogP contribution in [0.4, 0.5) is 16.2 Å². The molecule has 0 fully saturated rings. The maximum Gasteiger partial charge on any atom is 0.323 e. The summed E-state index contributed by atoms with van der Waals surface area (Å²) in [6, 6.07) is 42.6. The van der Waals surface area contributed by atoms with Gasteiger partial charge in [-0.3, -0.25) is 0 Å². The number of nitrogens with one attached hydrogen (secondary N) is 2. The maximum absolute atomic E-state index is 13.8. The van der Waals surface area contributed by atoms with Gasteiger partial charge in [-0.05, 0) is 36.4 Å². The van der Waals surface area contributed by atoms with Crippen LogP contribution in [-0.2, 0) is 4.57 Å². The van der Waals surface area contributed by atoms with E-state index in [1.54, 1.807) is 48.5 Å². The third kappa shape index (κ3) is 7.14. The predicted octanol–water partition coefficient (Wildman–Crippen LogP) is 7.96. The van der Waals surface area contributed by atoms with Crippen molar-refractivity contribution in [2.24, 2.45) is 0 Å². The Morgan fingerprint density at radius 1 is 0.500 bits per heavy atom. The Kier molecular flexibility index (Phi) is 9.40. The molecule has 2 N–H and O–H groups in total. The van der Waals surface area contributed by atoms with Gasteiger partial charge in [0.1, 0.15) is 0 Å². The molecule has 0 unspecified atom stereocenters. The van der Waals surface area contributed by atoms with Crippen LogP contribution in [0.25, 0.3) is 0 Å². The van der Waals surface area contributed by atoms with E-state index >= 15 is 0 Å². The third-order valence-corrected chi connectivity index (χ3v) is 9.07. The third-order valence-electron chi connectivity index (χ3n) is 5.52. The van der Waals surface area contributed by atoms with E-state index in [9.17, 15) is 9.36 Å². The Balaban J connectivity index is 0.000000178. The molecular formula is C31H25Cl2N2O2P. The Labute approximate surface area is 232 Å². The highest BCUT2D eigenvalue weighted by Crippen LogP contribution is 2.41. The molecule has 0 aliphatic heterocycles. The highest BCUT2D eigenvalue weighted by molar-refractivity contribution is 7.85. The van der Waals surface area contributed by atoms with Crippen LogP contribution in [0.3, 0.4) is 0 Å². The zero-order valence-electron chi connectivity index (χ0n) is 20.3. The summed E-state index contributed by atoms with van der Waals surface area (Å²) in [5, 5.41) is 9.09. The fourth-order valence-corrected chi connectivity index (χ4v) is 6.84. The lowest BCUT2D eigenvalue weighted by atomic mass is 10.3. The number of carbonyl (C=O) groups excluding carboxylic acids is 1. The average Bonchev–Trinajstić information content (AvgIpc) is 2.94. The standard InChI is InChI=1S/C18H15OP.C13H10Cl2N2O/c19-20(16-10-4-1-5-11-16,17-12-6-2-7-13-17)18-14-8-3-9-15-18;14-9-3-1-5-11(7-9)16-13(18)17-12-6-2-4-10(15)8-12/h1-15H;1-8H,(H2,16,17,18). The van der Waals surface area contributed by atoms with E-state index in [4.69, 9.17) is 23.2 Å². The second-order valence-corrected chi connectivity index (χ2v) is 11.9. The van der Waals surface area contributed by atoms with Crippen molar-refractivity contribution < 1.29 is 9.36 Å². The topological polar surface area (TPSA) is 58.2 Å². The molecule has 4 nitrogen and oxygen atoms in total. The van der Waals surface area contributed by atoms with E-state index in [2.05, 4.69) is 10.6 Å². The normalized spacial score (nSPS) is 10.6. The predicted molar refractivity (Wildman–Crippen MR) is 161 cm³/mol. The molecule has 2 amide bonds. The molecule has 190 valence electrons. The number of hydrogen-bond donors (Lipinski definition) is 2. The molecule has 0 aliphatic carbocycles. The number of benzene rings is 5. The van der Waals surface area contributed by atoms with Gasteiger partial charge < -0.3 is 15.2 Å². The highest BCUT2D eigenvalue weighted by Gasteiger charge is 2.28. The minimum Gasteiger partial charge on any atom is -0.309 e. The van der Waals surface area contributed by atoms with Crippen molar-refractivity contribution >= 4 is 63.7 Å². The first-order valence-electron chi connectivity index (χ1n) is 11.8. The van der Waals surface area contributed by atoms with Crippen molar-refractivity contribution in [3.63, 3.8) is 0 Å². The van der Waals surface area contributed by atoms with Gasteiger partial charge in [0.05, 0.1) is 0 Å². The summed E-state index contributed by atoms with van der Waals surface area (Å²) in [6.45, 7) is 0. The lowest BCUT2D eigenvalue weighted by Gasteiger charge is -2.19. The molecule has 5 aromatic carbocycles. The Bertz CT molecular complexity index is 1380. The first-order valence-corrected chi connectivity index (χ1v) is 14.3. The number of urea groups is 1. The summed E-state index contributed by atoms with van der Waals surface area (Å²) in [5.74, 6) is 0. The van der Waals surface area contributed by atoms with Crippen molar-refractivity contribution in [2.75, 3.05) is 10.6 Å². The number of rotatable bonds is 5. The van der Waals surface area contributed by atoms with E-state index in [-0.39, 0.29) is 6.03 Å². The molecule has 0 heterocycles. The highest BCUT2D eigenvalue weighted by atomic mass is 35.5. The lowest BCUT2D eigenvalue weighted by molar-refractivity contribution is 0.262.